The van der Waals surface area contributed by atoms with Crippen LogP contribution in [0.5, 0.6) is 0 Å². The van der Waals surface area contributed by atoms with Gasteiger partial charge in [-0.1, -0.05) is 19.0 Å². The summed E-state index contributed by atoms with van der Waals surface area (Å²) in [5.74, 6) is 0.956. The van der Waals surface area contributed by atoms with Crippen molar-refractivity contribution in [1.82, 2.24) is 15.0 Å². The van der Waals surface area contributed by atoms with E-state index in [1.54, 1.807) is 0 Å². The molecule has 0 amide bonds. The summed E-state index contributed by atoms with van der Waals surface area (Å²) in [5.41, 5.74) is 2.28. The van der Waals surface area contributed by atoms with Crippen LogP contribution >= 0.6 is 0 Å². The van der Waals surface area contributed by atoms with Crippen LogP contribution in [-0.4, -0.2) is 59.4 Å². The lowest BCUT2D eigenvalue weighted by Gasteiger charge is -2.35. The minimum atomic E-state index is 0.356. The Kier molecular flexibility index (Phi) is 4.85. The van der Waals surface area contributed by atoms with Gasteiger partial charge in [0.25, 0.3) is 0 Å². The predicted molar refractivity (Wildman–Crippen MR) is 85.9 cm³/mol. The molecule has 124 valence electrons. The maximum Gasteiger partial charge on any atom is 0.138 e. The molecule has 3 rings (SSSR count). The number of rotatable bonds is 5. The molecule has 0 N–H and O–H groups in total. The average Bonchev–Trinajstić information content (AvgIpc) is 3.05. The van der Waals surface area contributed by atoms with Crippen LogP contribution in [0, 0.1) is 13.8 Å². The van der Waals surface area contributed by atoms with Gasteiger partial charge in [-0.05, 0) is 39.8 Å². The second kappa shape index (κ2) is 6.69. The lowest BCUT2D eigenvalue weighted by atomic mass is 10.00. The molecule has 5 heteroatoms. The maximum atomic E-state index is 6.19. The lowest BCUT2D eigenvalue weighted by molar-refractivity contribution is -0.0397. The van der Waals surface area contributed by atoms with Crippen molar-refractivity contribution in [2.45, 2.75) is 65.3 Å². The highest BCUT2D eigenvalue weighted by Crippen LogP contribution is 2.33. The molecule has 0 aliphatic carbocycles. The lowest BCUT2D eigenvalue weighted by Crippen LogP contribution is -2.47. The summed E-state index contributed by atoms with van der Waals surface area (Å²) >= 11 is 0. The molecular formula is C17H29N3O2. The van der Waals surface area contributed by atoms with Crippen LogP contribution < -0.4 is 0 Å². The van der Waals surface area contributed by atoms with Crippen LogP contribution in [-0.2, 0) is 11.3 Å². The molecule has 3 atom stereocenters. The number of aromatic nitrogens is 1. The van der Waals surface area contributed by atoms with Crippen molar-refractivity contribution >= 4 is 0 Å². The molecule has 1 aromatic rings. The molecule has 2 saturated heterocycles. The second-order valence-electron chi connectivity index (χ2n) is 6.57. The van der Waals surface area contributed by atoms with E-state index >= 15 is 0 Å². The smallest absolute Gasteiger partial charge is 0.138 e. The Morgan fingerprint density at radius 3 is 2.68 bits per heavy atom. The molecule has 2 aliphatic heterocycles. The summed E-state index contributed by atoms with van der Waals surface area (Å²) in [6.07, 6.45) is 2.77. The minimum absolute atomic E-state index is 0.356. The molecule has 3 heterocycles. The van der Waals surface area contributed by atoms with Crippen LogP contribution in [0.4, 0.5) is 0 Å². The van der Waals surface area contributed by atoms with Gasteiger partial charge < -0.3 is 9.26 Å². The topological polar surface area (TPSA) is 41.7 Å². The van der Waals surface area contributed by atoms with E-state index in [1.165, 1.54) is 18.4 Å². The van der Waals surface area contributed by atoms with E-state index in [9.17, 15) is 0 Å². The fourth-order valence-corrected chi connectivity index (χ4v) is 4.15. The van der Waals surface area contributed by atoms with Gasteiger partial charge in [-0.2, -0.15) is 0 Å². The Hall–Kier alpha value is -0.910. The zero-order valence-electron chi connectivity index (χ0n) is 14.3. The number of fused-ring (bicyclic) bond motifs is 1. The number of likely N-dealkylation sites (N-methyl/N-ethyl adjacent to an activating group) is 1. The fourth-order valence-electron chi connectivity index (χ4n) is 4.15. The Labute approximate surface area is 133 Å². The Bertz CT molecular complexity index is 479. The van der Waals surface area contributed by atoms with Gasteiger partial charge in [-0.3, -0.25) is 9.80 Å². The molecular weight excluding hydrogens is 278 g/mol. The number of hydrogen-bond donors (Lipinski definition) is 0. The molecule has 22 heavy (non-hydrogen) atoms. The number of aryl methyl sites for hydroxylation is 2. The van der Waals surface area contributed by atoms with E-state index in [4.69, 9.17) is 9.26 Å². The molecule has 1 aromatic heterocycles. The van der Waals surface area contributed by atoms with E-state index in [0.717, 1.165) is 44.2 Å². The molecule has 0 saturated carbocycles. The van der Waals surface area contributed by atoms with Crippen molar-refractivity contribution < 1.29 is 9.26 Å². The van der Waals surface area contributed by atoms with Crippen LogP contribution in [0.25, 0.3) is 0 Å². The molecule has 0 bridgehead atoms. The Balaban J connectivity index is 1.79. The number of ether oxygens (including phenoxy) is 1. The van der Waals surface area contributed by atoms with Gasteiger partial charge in [0.15, 0.2) is 0 Å². The van der Waals surface area contributed by atoms with Gasteiger partial charge in [0.05, 0.1) is 17.8 Å². The quantitative estimate of drug-likeness (QED) is 0.835. The summed E-state index contributed by atoms with van der Waals surface area (Å²) < 4.78 is 11.5. The van der Waals surface area contributed by atoms with Gasteiger partial charge in [0, 0.05) is 31.3 Å². The molecule has 0 aromatic carbocycles. The third kappa shape index (κ3) is 2.82. The van der Waals surface area contributed by atoms with Gasteiger partial charge in [-0.25, -0.2) is 0 Å². The summed E-state index contributed by atoms with van der Waals surface area (Å²) in [5, 5.41) is 4.11. The largest absolute Gasteiger partial charge is 0.375 e. The molecule has 0 spiro atoms. The SMILES string of the molecule is CCN(CC)[C@H]1CN(Cc2c(C)noc2C)[C@H]2CCCO[C@@H]12. The van der Waals surface area contributed by atoms with Crippen molar-refractivity contribution in [3.05, 3.63) is 17.0 Å². The van der Waals surface area contributed by atoms with Crippen LogP contribution in [0.15, 0.2) is 4.52 Å². The van der Waals surface area contributed by atoms with Gasteiger partial charge in [-0.15, -0.1) is 0 Å². The molecule has 0 radical (unpaired) electrons. The van der Waals surface area contributed by atoms with Gasteiger partial charge in [0.2, 0.25) is 0 Å². The van der Waals surface area contributed by atoms with Crippen LogP contribution in [0.2, 0.25) is 0 Å². The fraction of sp³-hybridized carbons (Fsp3) is 0.824. The van der Waals surface area contributed by atoms with Crippen molar-refractivity contribution in [3.8, 4) is 0 Å². The van der Waals surface area contributed by atoms with Crippen molar-refractivity contribution in [3.63, 3.8) is 0 Å². The minimum Gasteiger partial charge on any atom is -0.375 e. The number of nitrogens with zero attached hydrogens (tertiary/aromatic N) is 3. The third-order valence-corrected chi connectivity index (χ3v) is 5.43. The van der Waals surface area contributed by atoms with Gasteiger partial charge in [0.1, 0.15) is 5.76 Å². The standard InChI is InChI=1S/C17H29N3O2/c1-5-19(6-2)16-11-20(15-8-7-9-21-17(15)16)10-14-12(3)18-22-13(14)4/h15-17H,5-11H2,1-4H3/t15-,16-,17+/m0/s1. The molecule has 2 fully saturated rings. The van der Waals surface area contributed by atoms with Crippen LogP contribution in [0.1, 0.15) is 43.7 Å². The Morgan fingerprint density at radius 1 is 1.27 bits per heavy atom. The van der Waals surface area contributed by atoms with Crippen molar-refractivity contribution in [2.75, 3.05) is 26.2 Å². The molecule has 2 aliphatic rings. The Morgan fingerprint density at radius 2 is 2.05 bits per heavy atom. The van der Waals surface area contributed by atoms with Crippen molar-refractivity contribution in [2.24, 2.45) is 0 Å². The highest BCUT2D eigenvalue weighted by Gasteiger charge is 2.45. The summed E-state index contributed by atoms with van der Waals surface area (Å²) in [4.78, 5) is 5.15. The first kappa shape index (κ1) is 16.0. The molecule has 0 unspecified atom stereocenters. The summed E-state index contributed by atoms with van der Waals surface area (Å²) in [7, 11) is 0. The third-order valence-electron chi connectivity index (χ3n) is 5.43. The van der Waals surface area contributed by atoms with E-state index < -0.39 is 0 Å². The first-order valence-corrected chi connectivity index (χ1v) is 8.67. The predicted octanol–water partition coefficient (Wildman–Crippen LogP) is 2.37. The maximum absolute atomic E-state index is 6.19. The summed E-state index contributed by atoms with van der Waals surface area (Å²) in [6.45, 7) is 13.7. The number of hydrogen-bond acceptors (Lipinski definition) is 5. The van der Waals surface area contributed by atoms with E-state index in [-0.39, 0.29) is 0 Å². The normalized spacial score (nSPS) is 29.2. The zero-order chi connectivity index (χ0) is 15.7. The van der Waals surface area contributed by atoms with E-state index in [1.807, 2.05) is 13.8 Å². The number of likely N-dealkylation sites (tertiary alicyclic amines) is 1. The first-order valence-electron chi connectivity index (χ1n) is 8.67. The van der Waals surface area contributed by atoms with E-state index in [2.05, 4.69) is 28.8 Å². The zero-order valence-corrected chi connectivity index (χ0v) is 14.3. The first-order chi connectivity index (χ1) is 10.7. The van der Waals surface area contributed by atoms with Gasteiger partial charge >= 0.3 is 0 Å². The van der Waals surface area contributed by atoms with Crippen LogP contribution in [0.3, 0.4) is 0 Å². The van der Waals surface area contributed by atoms with E-state index in [0.29, 0.717) is 18.2 Å². The monoisotopic (exact) mass is 307 g/mol. The average molecular weight is 307 g/mol. The van der Waals surface area contributed by atoms with Crippen molar-refractivity contribution in [1.29, 1.82) is 0 Å². The summed E-state index contributed by atoms with van der Waals surface area (Å²) in [6, 6.07) is 1.05. The highest BCUT2D eigenvalue weighted by molar-refractivity contribution is 5.21. The second-order valence-corrected chi connectivity index (χ2v) is 6.57. The highest BCUT2D eigenvalue weighted by atomic mass is 16.5. The molecule has 5 nitrogen and oxygen atoms in total.